The zero-order chi connectivity index (χ0) is 11.8. The molecule has 7 nitrogen and oxygen atoms in total. The fourth-order valence-corrected chi connectivity index (χ4v) is 0.842. The lowest BCUT2D eigenvalue weighted by Crippen LogP contribution is -2.46. The first-order valence-corrected chi connectivity index (χ1v) is 5.80. The van der Waals surface area contributed by atoms with E-state index in [0.29, 0.717) is 6.54 Å². The van der Waals surface area contributed by atoms with Crippen molar-refractivity contribution in [2.75, 3.05) is 19.6 Å². The zero-order valence-corrected chi connectivity index (χ0v) is 9.39. The van der Waals surface area contributed by atoms with Gasteiger partial charge in [-0.3, -0.25) is 4.90 Å². The van der Waals surface area contributed by atoms with Gasteiger partial charge in [-0.25, -0.2) is 4.57 Å². The highest BCUT2D eigenvalue weighted by molar-refractivity contribution is 7.45. The van der Waals surface area contributed by atoms with Gasteiger partial charge in [0.05, 0.1) is 6.17 Å². The second-order valence-electron chi connectivity index (χ2n) is 2.54. The molecule has 0 aliphatic heterocycles. The van der Waals surface area contributed by atoms with Crippen LogP contribution in [0.25, 0.3) is 0 Å². The molecule has 7 N–H and O–H groups in total. The average molecular weight is 229 g/mol. The summed E-state index contributed by atoms with van der Waals surface area (Å²) in [5, 5.41) is 0. The highest BCUT2D eigenvalue weighted by Gasteiger charge is 2.05. The van der Waals surface area contributed by atoms with E-state index < -0.39 is 7.82 Å². The van der Waals surface area contributed by atoms with Gasteiger partial charge >= 0.3 is 7.82 Å². The van der Waals surface area contributed by atoms with Crippen molar-refractivity contribution in [2.24, 2.45) is 11.5 Å². The molecule has 0 aliphatic carbocycles. The molecule has 1 atom stereocenters. The molecule has 14 heavy (non-hydrogen) atoms. The van der Waals surface area contributed by atoms with E-state index in [2.05, 4.69) is 18.7 Å². The number of nitrogens with two attached hydrogens (primary N) is 2. The van der Waals surface area contributed by atoms with Crippen LogP contribution in [-0.2, 0) is 4.57 Å². The number of hydrogen-bond donors (Lipinski definition) is 5. The molecule has 0 rings (SSSR count). The molecule has 0 spiro atoms. The number of rotatable bonds is 4. The number of likely N-dealkylation sites (N-methyl/N-ethyl adjacent to an activating group) is 1. The topological polar surface area (TPSA) is 133 Å². The summed E-state index contributed by atoms with van der Waals surface area (Å²) in [5.74, 6) is 0. The molecule has 0 aromatic rings. The van der Waals surface area contributed by atoms with Gasteiger partial charge in [-0.2, -0.15) is 0 Å². The van der Waals surface area contributed by atoms with Gasteiger partial charge in [0, 0.05) is 6.54 Å². The van der Waals surface area contributed by atoms with Crippen molar-refractivity contribution in [3.05, 3.63) is 0 Å². The first-order valence-electron chi connectivity index (χ1n) is 4.24. The van der Waals surface area contributed by atoms with Crippen molar-refractivity contribution in [1.82, 2.24) is 4.90 Å². The second kappa shape index (κ2) is 8.31. The summed E-state index contributed by atoms with van der Waals surface area (Å²) in [7, 11) is -4.64. The predicted octanol–water partition coefficient (Wildman–Crippen LogP) is -1.36. The van der Waals surface area contributed by atoms with Crippen LogP contribution in [0.1, 0.15) is 13.8 Å². The van der Waals surface area contributed by atoms with Crippen LogP contribution in [0.4, 0.5) is 0 Å². The van der Waals surface area contributed by atoms with E-state index in [1.165, 1.54) is 0 Å². The molecule has 0 amide bonds. The van der Waals surface area contributed by atoms with Crippen molar-refractivity contribution in [1.29, 1.82) is 0 Å². The molecule has 0 aromatic heterocycles. The molecule has 0 saturated heterocycles. The number of phosphoric acid groups is 1. The van der Waals surface area contributed by atoms with E-state index in [1.807, 2.05) is 0 Å². The highest BCUT2D eigenvalue weighted by Crippen LogP contribution is 2.25. The summed E-state index contributed by atoms with van der Waals surface area (Å²) < 4.78 is 8.88. The van der Waals surface area contributed by atoms with Crippen molar-refractivity contribution in [3.63, 3.8) is 0 Å². The Labute approximate surface area is 83.9 Å². The summed E-state index contributed by atoms with van der Waals surface area (Å²) in [4.78, 5) is 23.7. The van der Waals surface area contributed by atoms with Gasteiger partial charge < -0.3 is 26.1 Å². The van der Waals surface area contributed by atoms with Gasteiger partial charge in [-0.15, -0.1) is 0 Å². The van der Waals surface area contributed by atoms with E-state index in [4.69, 9.17) is 30.7 Å². The molecular formula is C6H20N3O4P. The smallest absolute Gasteiger partial charge is 0.328 e. The maximum absolute atomic E-state index is 8.88. The molecule has 88 valence electrons. The minimum atomic E-state index is -4.64. The standard InChI is InChI=1S/C6H17N3.H3O4P/c1-3-9(4-2)6(8)5-7;1-5(2,3)4/h6H,3-5,7-8H2,1-2H3;(H3,1,2,3,4). The van der Waals surface area contributed by atoms with Crippen LogP contribution in [0.15, 0.2) is 0 Å². The molecule has 8 heteroatoms. The van der Waals surface area contributed by atoms with E-state index in [9.17, 15) is 0 Å². The third-order valence-electron chi connectivity index (χ3n) is 1.52. The normalized spacial score (nSPS) is 13.4. The molecule has 0 aliphatic rings. The van der Waals surface area contributed by atoms with Crippen LogP contribution in [-0.4, -0.2) is 45.4 Å². The second-order valence-corrected chi connectivity index (χ2v) is 3.56. The van der Waals surface area contributed by atoms with Crippen LogP contribution in [0.5, 0.6) is 0 Å². The van der Waals surface area contributed by atoms with Crippen molar-refractivity contribution < 1.29 is 19.2 Å². The number of nitrogens with zero attached hydrogens (tertiary/aromatic N) is 1. The van der Waals surface area contributed by atoms with E-state index in [-0.39, 0.29) is 6.17 Å². The predicted molar refractivity (Wildman–Crippen MR) is 54.2 cm³/mol. The summed E-state index contributed by atoms with van der Waals surface area (Å²) in [6.07, 6.45) is 0.0417. The Morgan fingerprint density at radius 1 is 1.29 bits per heavy atom. The first-order chi connectivity index (χ1) is 6.26. The minimum Gasteiger partial charge on any atom is -0.328 e. The number of hydrogen-bond acceptors (Lipinski definition) is 4. The lowest BCUT2D eigenvalue weighted by Gasteiger charge is -2.24. The fourth-order valence-electron chi connectivity index (χ4n) is 0.842. The van der Waals surface area contributed by atoms with E-state index >= 15 is 0 Å². The van der Waals surface area contributed by atoms with Crippen LogP contribution < -0.4 is 11.5 Å². The van der Waals surface area contributed by atoms with E-state index in [0.717, 1.165) is 13.1 Å². The Morgan fingerprint density at radius 2 is 1.57 bits per heavy atom. The van der Waals surface area contributed by atoms with Crippen LogP contribution >= 0.6 is 7.82 Å². The maximum Gasteiger partial charge on any atom is 0.466 e. The minimum absolute atomic E-state index is 0.0417. The van der Waals surface area contributed by atoms with Gasteiger partial charge in [-0.05, 0) is 13.1 Å². The lowest BCUT2D eigenvalue weighted by atomic mass is 10.4. The Bertz CT molecular complexity index is 162. The largest absolute Gasteiger partial charge is 0.466 e. The molecule has 0 radical (unpaired) electrons. The van der Waals surface area contributed by atoms with Gasteiger partial charge in [0.25, 0.3) is 0 Å². The lowest BCUT2D eigenvalue weighted by molar-refractivity contribution is 0.226. The molecule has 0 fully saturated rings. The molecule has 0 aromatic carbocycles. The van der Waals surface area contributed by atoms with Crippen molar-refractivity contribution >= 4 is 7.82 Å². The summed E-state index contributed by atoms with van der Waals surface area (Å²) in [5.41, 5.74) is 11.0. The Hall–Kier alpha value is -0.0100. The van der Waals surface area contributed by atoms with Gasteiger partial charge in [-0.1, -0.05) is 13.8 Å². The maximum atomic E-state index is 8.88. The summed E-state index contributed by atoms with van der Waals surface area (Å²) in [6.45, 7) is 6.67. The third kappa shape index (κ3) is 14.5. The molecule has 0 heterocycles. The monoisotopic (exact) mass is 229 g/mol. The van der Waals surface area contributed by atoms with Gasteiger partial charge in [0.15, 0.2) is 0 Å². The Morgan fingerprint density at radius 3 is 1.64 bits per heavy atom. The van der Waals surface area contributed by atoms with Crippen molar-refractivity contribution in [2.45, 2.75) is 20.0 Å². The quantitative estimate of drug-likeness (QED) is 0.297. The zero-order valence-electron chi connectivity index (χ0n) is 8.50. The third-order valence-corrected chi connectivity index (χ3v) is 1.52. The Balaban J connectivity index is 0. The fraction of sp³-hybridized carbons (Fsp3) is 1.00. The molecule has 0 saturated carbocycles. The summed E-state index contributed by atoms with van der Waals surface area (Å²) >= 11 is 0. The van der Waals surface area contributed by atoms with Crippen LogP contribution in [0.2, 0.25) is 0 Å². The van der Waals surface area contributed by atoms with Crippen LogP contribution in [0.3, 0.4) is 0 Å². The molecule has 0 bridgehead atoms. The highest BCUT2D eigenvalue weighted by atomic mass is 31.2. The van der Waals surface area contributed by atoms with Crippen LogP contribution in [0, 0.1) is 0 Å². The first kappa shape index (κ1) is 16.4. The van der Waals surface area contributed by atoms with E-state index in [1.54, 1.807) is 0 Å². The average Bonchev–Trinajstić information content (AvgIpc) is 2.03. The molecular weight excluding hydrogens is 209 g/mol. The summed E-state index contributed by atoms with van der Waals surface area (Å²) in [6, 6.07) is 0. The van der Waals surface area contributed by atoms with Crippen molar-refractivity contribution in [3.8, 4) is 0 Å². The van der Waals surface area contributed by atoms with Gasteiger partial charge in [0.1, 0.15) is 0 Å². The van der Waals surface area contributed by atoms with Gasteiger partial charge in [0.2, 0.25) is 0 Å². The Kier molecular flexibility index (Phi) is 9.75. The molecule has 1 unspecified atom stereocenters. The SMILES string of the molecule is CCN(CC)C(N)CN.O=P(O)(O)O.